The summed E-state index contributed by atoms with van der Waals surface area (Å²) in [6, 6.07) is 0. The Balaban J connectivity index is 6.63. The van der Waals surface area contributed by atoms with Crippen LogP contribution in [0.4, 0.5) is 110 Å². The zero-order chi connectivity index (χ0) is 44.4. The molecule has 0 spiro atoms. The number of hydrogen-bond donors (Lipinski definition) is 2. The van der Waals surface area contributed by atoms with E-state index >= 15 is 0 Å². The molecule has 0 heterocycles. The molecule has 6 nitrogen and oxygen atoms in total. The summed E-state index contributed by atoms with van der Waals surface area (Å²) < 4.78 is 381. The number of carbonyl (C=O) groups excluding carboxylic acids is 1. The summed E-state index contributed by atoms with van der Waals surface area (Å²) in [6.45, 7) is 1.85. The monoisotopic (exact) mass is 903 g/mol. The summed E-state index contributed by atoms with van der Waals surface area (Å²) in [6.07, 6.45) is -12.6. The number of nitrogens with one attached hydrogen (secondary N) is 1. The van der Waals surface area contributed by atoms with Crippen LogP contribution < -0.4 is 5.32 Å². The molecular formula is C21H18F25NO5S2. The van der Waals surface area contributed by atoms with Crippen LogP contribution in [0.3, 0.4) is 0 Å². The zero-order valence-corrected chi connectivity index (χ0v) is 27.0. The van der Waals surface area contributed by atoms with Crippen molar-refractivity contribution >= 4 is 26.8 Å². The third-order valence-corrected chi connectivity index (χ3v) is 8.99. The summed E-state index contributed by atoms with van der Waals surface area (Å²) in [5.74, 6) is -106. The lowest BCUT2D eigenvalue weighted by Crippen LogP contribution is -2.78. The second-order valence-corrected chi connectivity index (χ2v) is 14.6. The van der Waals surface area contributed by atoms with Crippen molar-refractivity contribution in [2.24, 2.45) is 0 Å². The molecule has 54 heavy (non-hydrogen) atoms. The molecule has 0 aliphatic carbocycles. The normalized spacial score (nSPS) is 16.7. The molecule has 324 valence electrons. The summed E-state index contributed by atoms with van der Waals surface area (Å²) in [7, 11) is -7.97. The molecule has 0 saturated carbocycles. The molecule has 0 aromatic heterocycles. The van der Waals surface area contributed by atoms with Crippen LogP contribution >= 0.6 is 0 Å². The van der Waals surface area contributed by atoms with Crippen LogP contribution in [0.15, 0.2) is 0 Å². The molecule has 2 N–H and O–H groups in total. The lowest BCUT2D eigenvalue weighted by Gasteiger charge is -2.45. The van der Waals surface area contributed by atoms with Crippen LogP contribution in [-0.4, -0.2) is 117 Å². The highest BCUT2D eigenvalue weighted by atomic mass is 32.2. The van der Waals surface area contributed by atoms with E-state index in [1.54, 1.807) is 0 Å². The van der Waals surface area contributed by atoms with Gasteiger partial charge in [-0.25, -0.2) is 0 Å². The van der Waals surface area contributed by atoms with Crippen molar-refractivity contribution in [2.75, 3.05) is 17.3 Å². The SMILES string of the molecule is CC(C)(CS(=O)(=O)O)NC(=O)CCS(=O)CCC(F)(F)C(F)(F)C(F)(F)C(F)(F)C(F)(F)C(F)(F)C(F)(F)C(F)(F)C(F)(F)C(F)(F)C(F)(F)C(F)(F)F. The number of carbonyl (C=O) groups is 1. The Morgan fingerprint density at radius 3 is 1.07 bits per heavy atom. The quantitative estimate of drug-likeness (QED) is 0.102. The first kappa shape index (κ1) is 51.8. The Kier molecular flexibility index (Phi) is 13.7. The highest BCUT2D eigenvalue weighted by Crippen LogP contribution is 2.67. The van der Waals surface area contributed by atoms with Gasteiger partial charge < -0.3 is 5.32 Å². The van der Waals surface area contributed by atoms with E-state index in [0.29, 0.717) is 0 Å². The van der Waals surface area contributed by atoms with Gasteiger partial charge in [0.2, 0.25) is 5.91 Å². The first-order valence-electron chi connectivity index (χ1n) is 12.8. The first-order valence-corrected chi connectivity index (χ1v) is 15.9. The molecule has 0 bridgehead atoms. The maximum absolute atomic E-state index is 14.1. The van der Waals surface area contributed by atoms with Gasteiger partial charge >= 0.3 is 71.3 Å². The van der Waals surface area contributed by atoms with E-state index in [0.717, 1.165) is 13.8 Å². The Morgan fingerprint density at radius 1 is 0.519 bits per heavy atom. The van der Waals surface area contributed by atoms with Crippen LogP contribution in [0.25, 0.3) is 0 Å². The van der Waals surface area contributed by atoms with Crippen LogP contribution in [0.2, 0.25) is 0 Å². The molecular weight excluding hydrogens is 885 g/mol. The second kappa shape index (κ2) is 14.3. The average Bonchev–Trinajstić information content (AvgIpc) is 2.91. The van der Waals surface area contributed by atoms with Gasteiger partial charge in [-0.3, -0.25) is 13.6 Å². The topological polar surface area (TPSA) is 101 Å². The van der Waals surface area contributed by atoms with E-state index in [2.05, 4.69) is 0 Å². The maximum Gasteiger partial charge on any atom is 0.460 e. The second-order valence-electron chi connectivity index (χ2n) is 11.5. The van der Waals surface area contributed by atoms with Gasteiger partial charge in [-0.1, -0.05) is 0 Å². The van der Waals surface area contributed by atoms with Crippen LogP contribution in [0, 0.1) is 0 Å². The highest BCUT2D eigenvalue weighted by Gasteiger charge is 2.99. The molecule has 0 rings (SSSR count). The molecule has 1 atom stereocenters. The lowest BCUT2D eigenvalue weighted by atomic mass is 9.84. The molecule has 0 aliphatic rings. The van der Waals surface area contributed by atoms with Gasteiger partial charge in [0.25, 0.3) is 10.1 Å². The first-order chi connectivity index (χ1) is 23.0. The summed E-state index contributed by atoms with van der Waals surface area (Å²) in [4.78, 5) is 11.8. The third kappa shape index (κ3) is 8.40. The molecule has 0 fully saturated rings. The Bertz CT molecular complexity index is 1510. The fourth-order valence-corrected chi connectivity index (χ4v) is 5.71. The van der Waals surface area contributed by atoms with Crippen molar-refractivity contribution in [3.8, 4) is 0 Å². The largest absolute Gasteiger partial charge is 0.460 e. The van der Waals surface area contributed by atoms with Crippen LogP contribution in [0.1, 0.15) is 26.7 Å². The van der Waals surface area contributed by atoms with E-state index in [1.165, 1.54) is 0 Å². The molecule has 1 unspecified atom stereocenters. The Hall–Kier alpha value is -2.22. The molecule has 1 amide bonds. The van der Waals surface area contributed by atoms with Crippen LogP contribution in [0.5, 0.6) is 0 Å². The molecule has 0 aromatic rings. The fraction of sp³-hybridized carbons (Fsp3) is 0.952. The van der Waals surface area contributed by atoms with E-state index in [1.807, 2.05) is 5.32 Å². The van der Waals surface area contributed by atoms with Gasteiger partial charge in [-0.05, 0) is 13.8 Å². The van der Waals surface area contributed by atoms with Gasteiger partial charge in [0.05, 0.1) is 11.3 Å². The number of rotatable bonds is 19. The minimum absolute atomic E-state index is 0.925. The number of hydrogen-bond acceptors (Lipinski definition) is 4. The van der Waals surface area contributed by atoms with Gasteiger partial charge in [-0.15, -0.1) is 0 Å². The standard InChI is InChI=1S/C21H18F25NO5S2/c1-9(2,7-54(50,51)52)47-8(48)3-5-53(49)6-4-10(22,23)11(24,25)12(26,27)13(28,29)14(30,31)15(32,33)16(34,35)17(36,37)18(38,39)19(40,41)20(42,43)21(44,45)46/h3-7H2,1-2H3,(H,47,48)(H,50,51,52). The van der Waals surface area contributed by atoms with Crippen molar-refractivity contribution in [3.63, 3.8) is 0 Å². The molecule has 33 heteroatoms. The minimum atomic E-state index is -9.69. The van der Waals surface area contributed by atoms with E-state index in [9.17, 15) is 127 Å². The summed E-state index contributed by atoms with van der Waals surface area (Å²) >= 11 is 0. The maximum atomic E-state index is 14.1. The highest BCUT2D eigenvalue weighted by molar-refractivity contribution is 7.85. The summed E-state index contributed by atoms with van der Waals surface area (Å²) in [5.41, 5.74) is -1.84. The number of halogens is 25. The van der Waals surface area contributed by atoms with Crippen molar-refractivity contribution in [1.29, 1.82) is 0 Å². The van der Waals surface area contributed by atoms with E-state index in [-0.39, 0.29) is 0 Å². The molecule has 0 saturated heterocycles. The van der Waals surface area contributed by atoms with Gasteiger partial charge in [-0.2, -0.15) is 118 Å². The summed E-state index contributed by atoms with van der Waals surface area (Å²) in [5, 5.41) is 1.82. The van der Waals surface area contributed by atoms with Crippen molar-refractivity contribution < 1.29 is 132 Å². The van der Waals surface area contributed by atoms with Crippen molar-refractivity contribution in [3.05, 3.63) is 0 Å². The number of amides is 1. The zero-order valence-electron chi connectivity index (χ0n) is 25.4. The van der Waals surface area contributed by atoms with Crippen LogP contribution in [-0.2, 0) is 25.7 Å². The van der Waals surface area contributed by atoms with Gasteiger partial charge in [0.15, 0.2) is 0 Å². The Labute approximate surface area is 285 Å². The number of alkyl halides is 25. The average molecular weight is 903 g/mol. The predicted molar refractivity (Wildman–Crippen MR) is 126 cm³/mol. The van der Waals surface area contributed by atoms with Gasteiger partial charge in [0.1, 0.15) is 0 Å². The van der Waals surface area contributed by atoms with Crippen molar-refractivity contribution in [2.45, 2.75) is 104 Å². The predicted octanol–water partition coefficient (Wildman–Crippen LogP) is 7.85. The van der Waals surface area contributed by atoms with E-state index < -0.39 is 134 Å². The third-order valence-electron chi connectivity index (χ3n) is 6.59. The lowest BCUT2D eigenvalue weighted by molar-refractivity contribution is -0.482. The molecule has 0 aromatic carbocycles. The molecule has 0 aliphatic heterocycles. The fourth-order valence-electron chi connectivity index (χ4n) is 3.62. The minimum Gasteiger partial charge on any atom is -0.350 e. The molecule has 0 radical (unpaired) electrons. The smallest absolute Gasteiger partial charge is 0.350 e. The van der Waals surface area contributed by atoms with E-state index in [4.69, 9.17) is 4.55 Å². The van der Waals surface area contributed by atoms with Crippen molar-refractivity contribution in [1.82, 2.24) is 5.32 Å². The van der Waals surface area contributed by atoms with Gasteiger partial charge in [0, 0.05) is 35.1 Å². The Morgan fingerprint density at radius 2 is 0.796 bits per heavy atom.